The lowest BCUT2D eigenvalue weighted by Crippen LogP contribution is -2.34. The number of pyridine rings is 1. The summed E-state index contributed by atoms with van der Waals surface area (Å²) >= 11 is 0. The summed E-state index contributed by atoms with van der Waals surface area (Å²) in [6.45, 7) is 2.44. The average molecular weight is 275 g/mol. The number of nitrogens with zero attached hydrogens (tertiary/aromatic N) is 1. The topological polar surface area (TPSA) is 60.2 Å². The third kappa shape index (κ3) is 3.39. The molecule has 0 bridgehead atoms. The number of hydrogen-bond acceptors (Lipinski definition) is 4. The number of hydrogen-bond donors (Lipinski definition) is 2. The molecule has 2 unspecified atom stereocenters. The maximum Gasteiger partial charge on any atom is 0.141 e. The van der Waals surface area contributed by atoms with Gasteiger partial charge in [0.25, 0.3) is 0 Å². The van der Waals surface area contributed by atoms with Gasteiger partial charge in [0.05, 0.1) is 12.2 Å². The molecule has 0 radical (unpaired) electrons. The third-order valence-corrected chi connectivity index (χ3v) is 3.04. The van der Waals surface area contributed by atoms with Gasteiger partial charge in [-0.05, 0) is 24.1 Å². The molecule has 0 saturated heterocycles. The predicted octanol–water partition coefficient (Wildman–Crippen LogP) is 2.50. The Balaban J connectivity index is 2.35. The maximum absolute atomic E-state index is 13.3. The largest absolute Gasteiger partial charge is 0.372 e. The second-order valence-electron chi connectivity index (χ2n) is 4.37. The van der Waals surface area contributed by atoms with E-state index in [2.05, 4.69) is 10.4 Å². The van der Waals surface area contributed by atoms with Crippen LogP contribution < -0.4 is 11.3 Å². The van der Waals surface area contributed by atoms with E-state index < -0.39 is 5.82 Å². The normalized spacial score (nSPS) is 13.9. The van der Waals surface area contributed by atoms with Crippen molar-refractivity contribution >= 4 is 0 Å². The van der Waals surface area contributed by atoms with Gasteiger partial charge in [-0.2, -0.15) is 0 Å². The molecule has 1 heterocycles. The molecular weight excluding hydrogens is 257 g/mol. The first-order valence-corrected chi connectivity index (χ1v) is 6.49. The molecule has 106 valence electrons. The maximum atomic E-state index is 13.3. The summed E-state index contributed by atoms with van der Waals surface area (Å²) in [5, 5.41) is 0. The van der Waals surface area contributed by atoms with E-state index in [0.717, 1.165) is 11.8 Å². The van der Waals surface area contributed by atoms with Gasteiger partial charge in [0.2, 0.25) is 0 Å². The molecule has 0 aliphatic rings. The van der Waals surface area contributed by atoms with Crippen LogP contribution in [0, 0.1) is 5.82 Å². The smallest absolute Gasteiger partial charge is 0.141 e. The van der Waals surface area contributed by atoms with Crippen LogP contribution >= 0.6 is 0 Å². The summed E-state index contributed by atoms with van der Waals surface area (Å²) in [6, 6.07) is 10.7. The number of nitrogens with two attached hydrogens (primary N) is 1. The lowest BCUT2D eigenvalue weighted by atomic mass is 9.97. The van der Waals surface area contributed by atoms with Crippen molar-refractivity contribution in [3.05, 3.63) is 65.7 Å². The molecule has 20 heavy (non-hydrogen) atoms. The molecule has 0 aliphatic heterocycles. The van der Waals surface area contributed by atoms with Crippen molar-refractivity contribution < 1.29 is 9.13 Å². The lowest BCUT2D eigenvalue weighted by Gasteiger charge is -2.27. The van der Waals surface area contributed by atoms with Crippen LogP contribution in [0.4, 0.5) is 4.39 Å². The molecule has 0 spiro atoms. The van der Waals surface area contributed by atoms with Crippen molar-refractivity contribution in [2.24, 2.45) is 5.84 Å². The van der Waals surface area contributed by atoms with E-state index in [4.69, 9.17) is 10.6 Å². The second-order valence-corrected chi connectivity index (χ2v) is 4.37. The van der Waals surface area contributed by atoms with Gasteiger partial charge >= 0.3 is 0 Å². The number of hydrazine groups is 1. The van der Waals surface area contributed by atoms with Gasteiger partial charge < -0.3 is 4.74 Å². The standard InChI is InChI=1S/C15H18FN3O/c1-2-20-15(11-6-4-3-5-7-11)14(19-17)12-8-13(16)10-18-9-12/h3-10,14-15,19H,2,17H2,1H3. The van der Waals surface area contributed by atoms with Crippen LogP contribution in [0.2, 0.25) is 0 Å². The molecule has 2 rings (SSSR count). The molecule has 3 N–H and O–H groups in total. The van der Waals surface area contributed by atoms with Crippen molar-refractivity contribution in [3.63, 3.8) is 0 Å². The Labute approximate surface area is 117 Å². The summed E-state index contributed by atoms with van der Waals surface area (Å²) in [5.74, 6) is 5.25. The van der Waals surface area contributed by atoms with E-state index in [1.807, 2.05) is 37.3 Å². The van der Waals surface area contributed by atoms with Crippen molar-refractivity contribution in [1.82, 2.24) is 10.4 Å². The Morgan fingerprint density at radius 2 is 2.00 bits per heavy atom. The Morgan fingerprint density at radius 1 is 1.25 bits per heavy atom. The zero-order chi connectivity index (χ0) is 14.4. The average Bonchev–Trinajstić information content (AvgIpc) is 2.48. The highest BCUT2D eigenvalue weighted by molar-refractivity contribution is 5.24. The van der Waals surface area contributed by atoms with Gasteiger partial charge in [-0.1, -0.05) is 30.3 Å². The van der Waals surface area contributed by atoms with E-state index in [9.17, 15) is 4.39 Å². The minimum absolute atomic E-state index is 0.310. The van der Waals surface area contributed by atoms with E-state index >= 15 is 0 Å². The van der Waals surface area contributed by atoms with Gasteiger partial charge in [-0.15, -0.1) is 0 Å². The highest BCUT2D eigenvalue weighted by Gasteiger charge is 2.24. The molecule has 0 fully saturated rings. The van der Waals surface area contributed by atoms with Crippen LogP contribution in [0.1, 0.15) is 30.2 Å². The monoisotopic (exact) mass is 275 g/mol. The second kappa shape index (κ2) is 7.09. The fourth-order valence-corrected chi connectivity index (χ4v) is 2.16. The van der Waals surface area contributed by atoms with Crippen LogP contribution in [-0.4, -0.2) is 11.6 Å². The molecule has 0 aliphatic carbocycles. The number of aromatic nitrogens is 1. The van der Waals surface area contributed by atoms with Crippen LogP contribution in [-0.2, 0) is 4.74 Å². The van der Waals surface area contributed by atoms with Crippen molar-refractivity contribution in [1.29, 1.82) is 0 Å². The van der Waals surface area contributed by atoms with Gasteiger partial charge in [-0.25, -0.2) is 9.82 Å². The predicted molar refractivity (Wildman–Crippen MR) is 75.1 cm³/mol. The zero-order valence-corrected chi connectivity index (χ0v) is 11.3. The summed E-state index contributed by atoms with van der Waals surface area (Å²) in [7, 11) is 0. The van der Waals surface area contributed by atoms with E-state index in [1.54, 1.807) is 6.20 Å². The Bertz CT molecular complexity index is 536. The number of ether oxygens (including phenoxy) is 1. The van der Waals surface area contributed by atoms with Crippen molar-refractivity contribution in [3.8, 4) is 0 Å². The van der Waals surface area contributed by atoms with E-state index in [1.165, 1.54) is 6.07 Å². The van der Waals surface area contributed by atoms with E-state index in [-0.39, 0.29) is 12.1 Å². The van der Waals surface area contributed by atoms with Crippen molar-refractivity contribution in [2.75, 3.05) is 6.61 Å². The minimum Gasteiger partial charge on any atom is -0.372 e. The third-order valence-electron chi connectivity index (χ3n) is 3.04. The number of nitrogens with one attached hydrogen (secondary N) is 1. The molecule has 5 heteroatoms. The summed E-state index contributed by atoms with van der Waals surface area (Å²) in [6.07, 6.45) is 2.44. The van der Waals surface area contributed by atoms with Gasteiger partial charge in [0.1, 0.15) is 11.9 Å². The van der Waals surface area contributed by atoms with Gasteiger partial charge in [0.15, 0.2) is 0 Å². The molecule has 1 aromatic carbocycles. The summed E-state index contributed by atoms with van der Waals surface area (Å²) in [4.78, 5) is 3.86. The van der Waals surface area contributed by atoms with Crippen LogP contribution in [0.25, 0.3) is 0 Å². The summed E-state index contributed by atoms with van der Waals surface area (Å²) in [5.41, 5.74) is 4.32. The first-order valence-electron chi connectivity index (χ1n) is 6.49. The van der Waals surface area contributed by atoms with Gasteiger partial charge in [0, 0.05) is 12.8 Å². The quantitative estimate of drug-likeness (QED) is 0.628. The summed E-state index contributed by atoms with van der Waals surface area (Å²) < 4.78 is 19.1. The molecule has 2 atom stereocenters. The molecule has 2 aromatic rings. The first-order chi connectivity index (χ1) is 9.76. The number of rotatable bonds is 6. The molecule has 1 aromatic heterocycles. The fourth-order valence-electron chi connectivity index (χ4n) is 2.16. The van der Waals surface area contributed by atoms with Crippen molar-refractivity contribution in [2.45, 2.75) is 19.1 Å². The molecule has 0 amide bonds. The Kier molecular flexibility index (Phi) is 5.17. The molecule has 4 nitrogen and oxygen atoms in total. The first kappa shape index (κ1) is 14.6. The minimum atomic E-state index is -0.397. The zero-order valence-electron chi connectivity index (χ0n) is 11.3. The molecule has 0 saturated carbocycles. The van der Waals surface area contributed by atoms with Crippen LogP contribution in [0.15, 0.2) is 48.8 Å². The number of benzene rings is 1. The fraction of sp³-hybridized carbons (Fsp3) is 0.267. The highest BCUT2D eigenvalue weighted by Crippen LogP contribution is 2.31. The Morgan fingerprint density at radius 3 is 2.60 bits per heavy atom. The van der Waals surface area contributed by atoms with E-state index in [0.29, 0.717) is 12.2 Å². The van der Waals surface area contributed by atoms with Gasteiger partial charge in [-0.3, -0.25) is 10.8 Å². The molecular formula is C15H18FN3O. The number of halogens is 1. The SMILES string of the molecule is CCOC(c1ccccc1)C(NN)c1cncc(F)c1. The lowest BCUT2D eigenvalue weighted by molar-refractivity contribution is 0.0325. The highest BCUT2D eigenvalue weighted by atomic mass is 19.1. The van der Waals surface area contributed by atoms with Crippen LogP contribution in [0.3, 0.4) is 0 Å². The van der Waals surface area contributed by atoms with Crippen LogP contribution in [0.5, 0.6) is 0 Å². The Hall–Kier alpha value is -1.82.